The van der Waals surface area contributed by atoms with Crippen molar-refractivity contribution in [2.45, 2.75) is 0 Å². The van der Waals surface area contributed by atoms with Gasteiger partial charge in [-0.2, -0.15) is 0 Å². The number of aromatic nitrogens is 4. The van der Waals surface area contributed by atoms with Gasteiger partial charge in [0.2, 0.25) is 5.95 Å². The summed E-state index contributed by atoms with van der Waals surface area (Å²) in [6, 6.07) is 61.6. The lowest BCUT2D eigenvalue weighted by molar-refractivity contribution is 1.01. The van der Waals surface area contributed by atoms with Gasteiger partial charge in [0.25, 0.3) is 0 Å². The summed E-state index contributed by atoms with van der Waals surface area (Å²) in [5.74, 6) is 0.664. The maximum Gasteiger partial charge on any atom is 0.235 e. The van der Waals surface area contributed by atoms with E-state index in [1.165, 1.54) is 80.7 Å². The van der Waals surface area contributed by atoms with Crippen molar-refractivity contribution in [2.24, 2.45) is 0 Å². The zero-order valence-electron chi connectivity index (χ0n) is 29.4. The molecule has 4 nitrogen and oxygen atoms in total. The van der Waals surface area contributed by atoms with Gasteiger partial charge < -0.3 is 4.57 Å². The summed E-state index contributed by atoms with van der Waals surface area (Å²) in [6.07, 6.45) is 0. The van der Waals surface area contributed by atoms with Crippen LogP contribution < -0.4 is 0 Å². The monoisotopic (exact) mass is 716 g/mol. The molecule has 0 spiro atoms. The van der Waals surface area contributed by atoms with Crippen molar-refractivity contribution in [2.75, 3.05) is 0 Å². The van der Waals surface area contributed by atoms with Gasteiger partial charge in [-0.15, -0.1) is 11.3 Å². The molecule has 5 heteroatoms. The summed E-state index contributed by atoms with van der Waals surface area (Å²) >= 11 is 1.84. The number of nitrogens with zero attached hydrogens (tertiary/aromatic N) is 4. The maximum absolute atomic E-state index is 5.54. The standard InChI is InChI=1S/C50H28N4S/c1-2-17-35-30(13-1)31-14-4-9-21-40(31)53-41-22-10-5-15-32(41)38-28-43-46(47(35)49(38)53)37-19-6-11-23-42(37)54(43)50-51-39-20-8-3-18-36(39)48(52-50)29-25-26-34-33-16-7-12-24-44(33)55-45(34)27-29/h1-28H. The summed E-state index contributed by atoms with van der Waals surface area (Å²) in [7, 11) is 0. The first kappa shape index (κ1) is 29.4. The number of hydrogen-bond donors (Lipinski definition) is 0. The van der Waals surface area contributed by atoms with E-state index >= 15 is 0 Å². The van der Waals surface area contributed by atoms with Crippen LogP contribution in [0.4, 0.5) is 0 Å². The highest BCUT2D eigenvalue weighted by atomic mass is 32.1. The Hall–Kier alpha value is -7.08. The lowest BCUT2D eigenvalue weighted by Gasteiger charge is -2.13. The number of benzene rings is 8. The number of para-hydroxylation sites is 4. The van der Waals surface area contributed by atoms with E-state index in [0.29, 0.717) is 5.95 Å². The van der Waals surface area contributed by atoms with Gasteiger partial charge in [0.15, 0.2) is 0 Å². The average molecular weight is 717 g/mol. The van der Waals surface area contributed by atoms with Crippen molar-refractivity contribution in [3.63, 3.8) is 0 Å². The van der Waals surface area contributed by atoms with E-state index < -0.39 is 0 Å². The predicted octanol–water partition coefficient (Wildman–Crippen LogP) is 13.5. The Morgan fingerprint density at radius 3 is 1.95 bits per heavy atom. The predicted molar refractivity (Wildman–Crippen MR) is 231 cm³/mol. The highest BCUT2D eigenvalue weighted by molar-refractivity contribution is 7.25. The first-order valence-electron chi connectivity index (χ1n) is 18.7. The van der Waals surface area contributed by atoms with E-state index in [2.05, 4.69) is 179 Å². The fourth-order valence-electron chi connectivity index (χ4n) is 9.39. The molecule has 0 fully saturated rings. The van der Waals surface area contributed by atoms with E-state index in [0.717, 1.165) is 33.2 Å². The molecule has 1 aliphatic heterocycles. The molecule has 0 bridgehead atoms. The van der Waals surface area contributed by atoms with E-state index in [-0.39, 0.29) is 0 Å². The average Bonchev–Trinajstić information content (AvgIpc) is 3.87. The molecule has 4 aromatic heterocycles. The minimum Gasteiger partial charge on any atom is -0.308 e. The molecule has 8 aromatic carbocycles. The van der Waals surface area contributed by atoms with Crippen LogP contribution in [0, 0.1) is 0 Å². The van der Waals surface area contributed by atoms with Crippen LogP contribution >= 0.6 is 11.3 Å². The van der Waals surface area contributed by atoms with Gasteiger partial charge in [-0.3, -0.25) is 4.57 Å². The van der Waals surface area contributed by atoms with Crippen LogP contribution in [-0.2, 0) is 0 Å². The smallest absolute Gasteiger partial charge is 0.235 e. The molecule has 0 unspecified atom stereocenters. The van der Waals surface area contributed by atoms with Crippen molar-refractivity contribution >= 4 is 86.0 Å². The Labute approximate surface area is 318 Å². The Bertz CT molecular complexity index is 3620. The molecule has 0 radical (unpaired) electrons. The van der Waals surface area contributed by atoms with Crippen molar-refractivity contribution < 1.29 is 0 Å². The lowest BCUT2D eigenvalue weighted by Crippen LogP contribution is -2.03. The molecule has 5 heterocycles. The maximum atomic E-state index is 5.54. The third kappa shape index (κ3) is 3.89. The molecular weight excluding hydrogens is 689 g/mol. The molecule has 254 valence electrons. The van der Waals surface area contributed by atoms with Gasteiger partial charge in [-0.1, -0.05) is 127 Å². The molecule has 13 rings (SSSR count). The van der Waals surface area contributed by atoms with E-state index in [9.17, 15) is 0 Å². The highest BCUT2D eigenvalue weighted by Gasteiger charge is 2.29. The normalized spacial score (nSPS) is 12.4. The van der Waals surface area contributed by atoms with Gasteiger partial charge in [-0.05, 0) is 53.6 Å². The summed E-state index contributed by atoms with van der Waals surface area (Å²) in [5, 5.41) is 8.43. The van der Waals surface area contributed by atoms with Gasteiger partial charge in [0, 0.05) is 63.8 Å². The molecule has 12 aromatic rings. The molecule has 0 saturated heterocycles. The summed E-state index contributed by atoms with van der Waals surface area (Å²) in [6.45, 7) is 0. The van der Waals surface area contributed by atoms with Crippen LogP contribution in [0.2, 0.25) is 0 Å². The Morgan fingerprint density at radius 2 is 1.07 bits per heavy atom. The third-order valence-corrected chi connectivity index (χ3v) is 12.8. The van der Waals surface area contributed by atoms with Crippen LogP contribution in [0.3, 0.4) is 0 Å². The molecular formula is C50H28N4S. The summed E-state index contributed by atoms with van der Waals surface area (Å²) in [4.78, 5) is 10.9. The SMILES string of the molecule is c1ccc2c(c1)-c1ccccc1-n1c3ccccc3c3cc4c(c-2c31)c1ccccc1n4-c1nc(-c2ccc3c(c2)sc2ccccc23)c2ccccc2n1. The molecule has 0 saturated carbocycles. The summed E-state index contributed by atoms with van der Waals surface area (Å²) in [5.41, 5.74) is 13.7. The van der Waals surface area contributed by atoms with E-state index in [1.807, 2.05) is 11.3 Å². The second kappa shape index (κ2) is 10.8. The number of fused-ring (bicyclic) bond motifs is 16. The molecule has 0 amide bonds. The Morgan fingerprint density at radius 1 is 0.418 bits per heavy atom. The van der Waals surface area contributed by atoms with Crippen LogP contribution in [0.1, 0.15) is 0 Å². The molecule has 0 aliphatic carbocycles. The number of thiophene rings is 1. The molecule has 1 aliphatic rings. The first-order chi connectivity index (χ1) is 27.3. The zero-order valence-corrected chi connectivity index (χ0v) is 30.2. The van der Waals surface area contributed by atoms with Crippen LogP contribution in [0.25, 0.3) is 120 Å². The van der Waals surface area contributed by atoms with Crippen LogP contribution in [0.5, 0.6) is 0 Å². The molecule has 0 atom stereocenters. The topological polar surface area (TPSA) is 35.6 Å². The van der Waals surface area contributed by atoms with Gasteiger partial charge in [-0.25, -0.2) is 9.97 Å². The van der Waals surface area contributed by atoms with Crippen molar-refractivity contribution in [3.05, 3.63) is 170 Å². The number of rotatable bonds is 2. The second-order valence-corrected chi connectivity index (χ2v) is 15.6. The second-order valence-electron chi connectivity index (χ2n) is 14.5. The fraction of sp³-hybridized carbons (Fsp3) is 0. The van der Waals surface area contributed by atoms with Crippen LogP contribution in [-0.4, -0.2) is 19.1 Å². The van der Waals surface area contributed by atoms with Gasteiger partial charge >= 0.3 is 0 Å². The molecule has 0 N–H and O–H groups in total. The van der Waals surface area contributed by atoms with Crippen LogP contribution in [0.15, 0.2) is 170 Å². The largest absolute Gasteiger partial charge is 0.308 e. The van der Waals surface area contributed by atoms with Gasteiger partial charge in [0.1, 0.15) is 0 Å². The number of hydrogen-bond acceptors (Lipinski definition) is 3. The highest BCUT2D eigenvalue weighted by Crippen LogP contribution is 2.51. The summed E-state index contributed by atoms with van der Waals surface area (Å²) < 4.78 is 7.36. The first-order valence-corrected chi connectivity index (χ1v) is 19.5. The fourth-order valence-corrected chi connectivity index (χ4v) is 10.5. The minimum absolute atomic E-state index is 0.664. The van der Waals surface area contributed by atoms with E-state index in [1.54, 1.807) is 0 Å². The van der Waals surface area contributed by atoms with Crippen molar-refractivity contribution in [1.29, 1.82) is 0 Å². The van der Waals surface area contributed by atoms with Gasteiger partial charge in [0.05, 0.1) is 39.0 Å². The van der Waals surface area contributed by atoms with Crippen molar-refractivity contribution in [3.8, 4) is 45.1 Å². The lowest BCUT2D eigenvalue weighted by atomic mass is 9.91. The van der Waals surface area contributed by atoms with Crippen molar-refractivity contribution in [1.82, 2.24) is 19.1 Å². The van der Waals surface area contributed by atoms with E-state index in [4.69, 9.17) is 9.97 Å². The Balaban J connectivity index is 1.19. The molecule has 55 heavy (non-hydrogen) atoms. The minimum atomic E-state index is 0.664. The quantitative estimate of drug-likeness (QED) is 0.179. The Kier molecular flexibility index (Phi) is 5.74. The third-order valence-electron chi connectivity index (χ3n) is 11.7. The zero-order chi connectivity index (χ0) is 35.8.